The van der Waals surface area contributed by atoms with Gasteiger partial charge in [-0.2, -0.15) is 0 Å². The van der Waals surface area contributed by atoms with E-state index in [2.05, 4.69) is 0 Å². The average Bonchev–Trinajstić information content (AvgIpc) is 3.16. The molecule has 0 radical (unpaired) electrons. The molecule has 1 saturated carbocycles. The number of hydrogen-bond donors (Lipinski definition) is 1. The van der Waals surface area contributed by atoms with Crippen molar-refractivity contribution < 1.29 is 19.5 Å². The second kappa shape index (κ2) is 5.89. The fourth-order valence-corrected chi connectivity index (χ4v) is 4.19. The molecule has 3 aliphatic rings. The van der Waals surface area contributed by atoms with Gasteiger partial charge in [-0.1, -0.05) is 19.8 Å². The van der Waals surface area contributed by atoms with E-state index in [4.69, 9.17) is 0 Å². The first-order chi connectivity index (χ1) is 10.5. The molecule has 2 aliphatic heterocycles. The van der Waals surface area contributed by atoms with Gasteiger partial charge in [0.05, 0.1) is 11.8 Å². The highest BCUT2D eigenvalue weighted by Crippen LogP contribution is 2.32. The third-order valence-electron chi connectivity index (χ3n) is 5.51. The highest BCUT2D eigenvalue weighted by molar-refractivity contribution is 5.90. The van der Waals surface area contributed by atoms with Gasteiger partial charge in [0.2, 0.25) is 11.8 Å². The molecule has 6 nitrogen and oxygen atoms in total. The van der Waals surface area contributed by atoms with Crippen LogP contribution in [-0.2, 0) is 14.4 Å². The summed E-state index contributed by atoms with van der Waals surface area (Å²) in [5.41, 5.74) is 0. The van der Waals surface area contributed by atoms with Gasteiger partial charge in [-0.3, -0.25) is 14.4 Å². The van der Waals surface area contributed by atoms with E-state index in [-0.39, 0.29) is 36.6 Å². The number of hydrogen-bond acceptors (Lipinski definition) is 3. The van der Waals surface area contributed by atoms with Crippen molar-refractivity contribution in [2.24, 2.45) is 17.8 Å². The molecule has 1 N–H and O–H groups in total. The summed E-state index contributed by atoms with van der Waals surface area (Å²) in [6.07, 6.45) is 4.72. The Morgan fingerprint density at radius 1 is 1.14 bits per heavy atom. The maximum absolute atomic E-state index is 12.6. The van der Waals surface area contributed by atoms with Crippen molar-refractivity contribution in [3.63, 3.8) is 0 Å². The maximum Gasteiger partial charge on any atom is 0.308 e. The smallest absolute Gasteiger partial charge is 0.308 e. The first kappa shape index (κ1) is 15.3. The molecule has 0 aromatic heterocycles. The standard InChI is InChI=1S/C16H24N2O4/c1-10-7-17(9-13(10)16(21)22)15(20)11-6-14(19)18(8-11)12-4-2-3-5-12/h10-13H,2-9H2,1H3,(H,21,22)/t10-,11?,13-/m1/s1. The van der Waals surface area contributed by atoms with Gasteiger partial charge >= 0.3 is 5.97 Å². The molecule has 3 atom stereocenters. The number of carbonyl (C=O) groups excluding carboxylic acids is 2. The Morgan fingerprint density at radius 2 is 1.82 bits per heavy atom. The number of rotatable bonds is 3. The minimum absolute atomic E-state index is 0.0236. The Bertz CT molecular complexity index is 487. The van der Waals surface area contributed by atoms with Crippen LogP contribution in [0.5, 0.6) is 0 Å². The molecule has 2 heterocycles. The van der Waals surface area contributed by atoms with Crippen LogP contribution in [0, 0.1) is 17.8 Å². The van der Waals surface area contributed by atoms with E-state index < -0.39 is 11.9 Å². The molecule has 0 aromatic rings. The summed E-state index contributed by atoms with van der Waals surface area (Å²) in [6, 6.07) is 0.314. The van der Waals surface area contributed by atoms with Crippen LogP contribution in [0.2, 0.25) is 0 Å². The first-order valence-corrected chi connectivity index (χ1v) is 8.28. The lowest BCUT2D eigenvalue weighted by Crippen LogP contribution is -2.38. The number of carbonyl (C=O) groups is 3. The minimum Gasteiger partial charge on any atom is -0.481 e. The zero-order chi connectivity index (χ0) is 15.9. The van der Waals surface area contributed by atoms with Crippen molar-refractivity contribution in [2.75, 3.05) is 19.6 Å². The van der Waals surface area contributed by atoms with Gasteiger partial charge in [-0.25, -0.2) is 0 Å². The molecule has 1 aliphatic carbocycles. The molecule has 3 rings (SSSR count). The molecule has 0 bridgehead atoms. The summed E-state index contributed by atoms with van der Waals surface area (Å²) in [6.45, 7) is 3.16. The van der Waals surface area contributed by atoms with Crippen molar-refractivity contribution in [1.29, 1.82) is 0 Å². The highest BCUT2D eigenvalue weighted by Gasteiger charge is 2.43. The zero-order valence-electron chi connectivity index (χ0n) is 13.0. The molecule has 0 aromatic carbocycles. The van der Waals surface area contributed by atoms with E-state index in [1.165, 1.54) is 0 Å². The number of amides is 2. The number of nitrogens with zero attached hydrogens (tertiary/aromatic N) is 2. The SMILES string of the molecule is C[C@@H]1CN(C(=O)C2CC(=O)N(C3CCCC3)C2)C[C@H]1C(=O)O. The molecule has 6 heteroatoms. The van der Waals surface area contributed by atoms with Gasteiger partial charge in [-0.05, 0) is 18.8 Å². The molecule has 122 valence electrons. The Labute approximate surface area is 130 Å². The van der Waals surface area contributed by atoms with Crippen LogP contribution in [0.3, 0.4) is 0 Å². The number of carboxylic acids is 1. The normalized spacial score (nSPS) is 33.0. The largest absolute Gasteiger partial charge is 0.481 e. The summed E-state index contributed by atoms with van der Waals surface area (Å²) in [4.78, 5) is 39.5. The summed E-state index contributed by atoms with van der Waals surface area (Å²) in [7, 11) is 0. The van der Waals surface area contributed by atoms with E-state index >= 15 is 0 Å². The number of likely N-dealkylation sites (tertiary alicyclic amines) is 2. The predicted molar refractivity (Wildman–Crippen MR) is 78.9 cm³/mol. The van der Waals surface area contributed by atoms with E-state index in [0.717, 1.165) is 25.7 Å². The van der Waals surface area contributed by atoms with Crippen molar-refractivity contribution >= 4 is 17.8 Å². The topological polar surface area (TPSA) is 77.9 Å². The number of carboxylic acid groups (broad SMARTS) is 1. The molecule has 2 saturated heterocycles. The lowest BCUT2D eigenvalue weighted by Gasteiger charge is -2.25. The van der Waals surface area contributed by atoms with Gasteiger partial charge in [-0.15, -0.1) is 0 Å². The zero-order valence-corrected chi connectivity index (χ0v) is 13.0. The Morgan fingerprint density at radius 3 is 2.41 bits per heavy atom. The van der Waals surface area contributed by atoms with Gasteiger partial charge < -0.3 is 14.9 Å². The second-order valence-corrected chi connectivity index (χ2v) is 7.05. The summed E-state index contributed by atoms with van der Waals surface area (Å²) in [5.74, 6) is -1.57. The van der Waals surface area contributed by atoms with Crippen molar-refractivity contribution in [3.05, 3.63) is 0 Å². The second-order valence-electron chi connectivity index (χ2n) is 7.05. The van der Waals surface area contributed by atoms with Crippen LogP contribution in [0.4, 0.5) is 0 Å². The average molecular weight is 308 g/mol. The molecule has 3 fully saturated rings. The quantitative estimate of drug-likeness (QED) is 0.842. The number of aliphatic carboxylic acids is 1. The van der Waals surface area contributed by atoms with Gasteiger partial charge in [0.15, 0.2) is 0 Å². The lowest BCUT2D eigenvalue weighted by atomic mass is 9.99. The first-order valence-electron chi connectivity index (χ1n) is 8.28. The minimum atomic E-state index is -0.835. The molecular weight excluding hydrogens is 284 g/mol. The van der Waals surface area contributed by atoms with E-state index in [1.54, 1.807) is 4.90 Å². The van der Waals surface area contributed by atoms with Gasteiger partial charge in [0.1, 0.15) is 0 Å². The fraction of sp³-hybridized carbons (Fsp3) is 0.812. The molecule has 1 unspecified atom stereocenters. The lowest BCUT2D eigenvalue weighted by molar-refractivity contribution is -0.142. The van der Waals surface area contributed by atoms with E-state index in [1.807, 2.05) is 11.8 Å². The Kier molecular flexibility index (Phi) is 4.10. The van der Waals surface area contributed by atoms with E-state index in [0.29, 0.717) is 19.1 Å². The Balaban J connectivity index is 1.62. The van der Waals surface area contributed by atoms with Crippen molar-refractivity contribution in [3.8, 4) is 0 Å². The van der Waals surface area contributed by atoms with Crippen molar-refractivity contribution in [2.45, 2.75) is 45.1 Å². The monoisotopic (exact) mass is 308 g/mol. The third-order valence-corrected chi connectivity index (χ3v) is 5.51. The maximum atomic E-state index is 12.6. The molecule has 0 spiro atoms. The van der Waals surface area contributed by atoms with Crippen LogP contribution < -0.4 is 0 Å². The van der Waals surface area contributed by atoms with Crippen LogP contribution >= 0.6 is 0 Å². The van der Waals surface area contributed by atoms with Crippen LogP contribution in [0.25, 0.3) is 0 Å². The molecular formula is C16H24N2O4. The van der Waals surface area contributed by atoms with Gasteiger partial charge in [0, 0.05) is 32.1 Å². The Hall–Kier alpha value is -1.59. The van der Waals surface area contributed by atoms with E-state index in [9.17, 15) is 19.5 Å². The third kappa shape index (κ3) is 2.71. The fourth-order valence-electron chi connectivity index (χ4n) is 4.19. The summed E-state index contributed by atoms with van der Waals surface area (Å²) in [5, 5.41) is 9.18. The van der Waals surface area contributed by atoms with Gasteiger partial charge in [0.25, 0.3) is 0 Å². The van der Waals surface area contributed by atoms with Crippen LogP contribution in [0.15, 0.2) is 0 Å². The van der Waals surface area contributed by atoms with Crippen molar-refractivity contribution in [1.82, 2.24) is 9.80 Å². The molecule has 2 amide bonds. The molecule has 22 heavy (non-hydrogen) atoms. The van der Waals surface area contributed by atoms with Crippen LogP contribution in [-0.4, -0.2) is 58.4 Å². The highest BCUT2D eigenvalue weighted by atomic mass is 16.4. The summed E-state index contributed by atoms with van der Waals surface area (Å²) < 4.78 is 0. The predicted octanol–water partition coefficient (Wildman–Crippen LogP) is 0.957. The van der Waals surface area contributed by atoms with Crippen LogP contribution in [0.1, 0.15) is 39.0 Å². The summed E-state index contributed by atoms with van der Waals surface area (Å²) >= 11 is 0.